The molecule has 1 aromatic rings. The number of rotatable bonds is 3. The van der Waals surface area contributed by atoms with Crippen LogP contribution in [-0.2, 0) is 11.8 Å². The number of nitrogens with one attached hydrogen (secondary N) is 1. The standard InChI is InChI=1S/C14H24N4O/c1-10-15-13(17-18(10)4)16-12(19)9-11-7-5-6-8-14(11,2)3/h11H,5-9H2,1-4H3,(H,16,17,19). The first-order chi connectivity index (χ1) is 8.88. The molecule has 1 aliphatic rings. The summed E-state index contributed by atoms with van der Waals surface area (Å²) in [7, 11) is 1.82. The normalized spacial score (nSPS) is 22.2. The molecular formula is C14H24N4O. The Balaban J connectivity index is 1.93. The third kappa shape index (κ3) is 3.33. The zero-order valence-electron chi connectivity index (χ0n) is 12.4. The van der Waals surface area contributed by atoms with Crippen molar-refractivity contribution >= 4 is 11.9 Å². The second kappa shape index (κ2) is 5.31. The van der Waals surface area contributed by atoms with E-state index in [0.717, 1.165) is 12.2 Å². The largest absolute Gasteiger partial charge is 0.293 e. The van der Waals surface area contributed by atoms with E-state index in [1.165, 1.54) is 19.3 Å². The maximum Gasteiger partial charge on any atom is 0.248 e. The minimum absolute atomic E-state index is 0.0329. The summed E-state index contributed by atoms with van der Waals surface area (Å²) in [6.07, 6.45) is 5.46. The molecule has 1 aromatic heterocycles. The van der Waals surface area contributed by atoms with Crippen LogP contribution in [0.15, 0.2) is 0 Å². The highest BCUT2D eigenvalue weighted by Crippen LogP contribution is 2.42. The average Bonchev–Trinajstić information content (AvgIpc) is 2.61. The van der Waals surface area contributed by atoms with Crippen molar-refractivity contribution < 1.29 is 4.79 Å². The summed E-state index contributed by atoms with van der Waals surface area (Å²) in [6.45, 7) is 6.41. The number of hydrogen-bond acceptors (Lipinski definition) is 3. The van der Waals surface area contributed by atoms with E-state index in [9.17, 15) is 4.79 Å². The number of nitrogens with zero attached hydrogens (tertiary/aromatic N) is 3. The maximum absolute atomic E-state index is 12.1. The van der Waals surface area contributed by atoms with Crippen LogP contribution in [0.25, 0.3) is 0 Å². The van der Waals surface area contributed by atoms with Crippen molar-refractivity contribution in [3.8, 4) is 0 Å². The van der Waals surface area contributed by atoms with Gasteiger partial charge in [0, 0.05) is 13.5 Å². The highest BCUT2D eigenvalue weighted by atomic mass is 16.1. The summed E-state index contributed by atoms with van der Waals surface area (Å²) in [5.41, 5.74) is 0.267. The van der Waals surface area contributed by atoms with Crippen LogP contribution in [0.5, 0.6) is 0 Å². The van der Waals surface area contributed by atoms with Gasteiger partial charge in [0.2, 0.25) is 11.9 Å². The maximum atomic E-state index is 12.1. The van der Waals surface area contributed by atoms with Crippen molar-refractivity contribution in [1.82, 2.24) is 14.8 Å². The Bertz CT molecular complexity index is 445. The van der Waals surface area contributed by atoms with Gasteiger partial charge in [-0.05, 0) is 31.1 Å². The lowest BCUT2D eigenvalue weighted by Crippen LogP contribution is -2.31. The topological polar surface area (TPSA) is 59.8 Å². The fraction of sp³-hybridized carbons (Fsp3) is 0.786. The van der Waals surface area contributed by atoms with Crippen LogP contribution in [0.4, 0.5) is 5.95 Å². The molecule has 0 saturated heterocycles. The van der Waals surface area contributed by atoms with Crippen molar-refractivity contribution in [2.45, 2.75) is 52.9 Å². The van der Waals surface area contributed by atoms with Crippen LogP contribution in [0.1, 0.15) is 51.8 Å². The summed E-state index contributed by atoms with van der Waals surface area (Å²) in [6, 6.07) is 0. The number of hydrogen-bond donors (Lipinski definition) is 1. The quantitative estimate of drug-likeness (QED) is 0.913. The molecule has 1 unspecified atom stereocenters. The molecule has 1 N–H and O–H groups in total. The molecule has 0 spiro atoms. The molecule has 5 nitrogen and oxygen atoms in total. The SMILES string of the molecule is Cc1nc(NC(=O)CC2CCCCC2(C)C)nn1C. The van der Waals surface area contributed by atoms with Crippen molar-refractivity contribution in [3.63, 3.8) is 0 Å². The molecule has 1 saturated carbocycles. The van der Waals surface area contributed by atoms with Crippen LogP contribution in [0.2, 0.25) is 0 Å². The van der Waals surface area contributed by atoms with Crippen LogP contribution in [0, 0.1) is 18.3 Å². The lowest BCUT2D eigenvalue weighted by atomic mass is 9.67. The summed E-state index contributed by atoms with van der Waals surface area (Å²) in [5.74, 6) is 1.71. The van der Waals surface area contributed by atoms with Gasteiger partial charge in [0.1, 0.15) is 5.82 Å². The molecule has 1 fully saturated rings. The minimum Gasteiger partial charge on any atom is -0.293 e. The van der Waals surface area contributed by atoms with Crippen molar-refractivity contribution in [3.05, 3.63) is 5.82 Å². The van der Waals surface area contributed by atoms with Gasteiger partial charge in [-0.25, -0.2) is 0 Å². The highest BCUT2D eigenvalue weighted by Gasteiger charge is 2.33. The number of aromatic nitrogens is 3. The third-order valence-electron chi connectivity index (χ3n) is 4.39. The van der Waals surface area contributed by atoms with Gasteiger partial charge in [-0.3, -0.25) is 14.8 Å². The molecule has 2 rings (SSSR count). The van der Waals surface area contributed by atoms with Gasteiger partial charge in [0.15, 0.2) is 0 Å². The van der Waals surface area contributed by atoms with Crippen molar-refractivity contribution in [1.29, 1.82) is 0 Å². The Hall–Kier alpha value is -1.39. The van der Waals surface area contributed by atoms with Gasteiger partial charge in [-0.15, -0.1) is 5.10 Å². The summed E-state index contributed by atoms with van der Waals surface area (Å²) < 4.78 is 1.67. The average molecular weight is 264 g/mol. The monoisotopic (exact) mass is 264 g/mol. The number of carbonyl (C=O) groups excluding carboxylic acids is 1. The van der Waals surface area contributed by atoms with Crippen molar-refractivity contribution in [2.75, 3.05) is 5.32 Å². The van der Waals surface area contributed by atoms with E-state index in [2.05, 4.69) is 29.2 Å². The molecule has 5 heteroatoms. The number of aryl methyl sites for hydroxylation is 2. The zero-order chi connectivity index (χ0) is 14.0. The third-order valence-corrected chi connectivity index (χ3v) is 4.39. The van der Waals surface area contributed by atoms with Crippen LogP contribution in [-0.4, -0.2) is 20.7 Å². The molecule has 1 amide bonds. The lowest BCUT2D eigenvalue weighted by Gasteiger charge is -2.38. The number of carbonyl (C=O) groups is 1. The van der Waals surface area contributed by atoms with E-state index in [1.54, 1.807) is 4.68 Å². The summed E-state index contributed by atoms with van der Waals surface area (Å²) >= 11 is 0. The van der Waals surface area contributed by atoms with Crippen LogP contribution in [0.3, 0.4) is 0 Å². The zero-order valence-corrected chi connectivity index (χ0v) is 12.4. The van der Waals surface area contributed by atoms with E-state index >= 15 is 0 Å². The molecule has 106 valence electrons. The second-order valence-electron chi connectivity index (χ2n) is 6.29. The summed E-state index contributed by atoms with van der Waals surface area (Å²) in [5, 5.41) is 6.96. The van der Waals surface area contributed by atoms with Gasteiger partial charge in [0.05, 0.1) is 0 Å². The Morgan fingerprint density at radius 1 is 1.47 bits per heavy atom. The Morgan fingerprint density at radius 2 is 2.21 bits per heavy atom. The molecule has 1 heterocycles. The molecule has 0 aromatic carbocycles. The first kappa shape index (κ1) is 14.0. The van der Waals surface area contributed by atoms with Gasteiger partial charge >= 0.3 is 0 Å². The molecule has 1 aliphatic carbocycles. The van der Waals surface area contributed by atoms with Crippen molar-refractivity contribution in [2.24, 2.45) is 18.4 Å². The molecule has 19 heavy (non-hydrogen) atoms. The van der Waals surface area contributed by atoms with E-state index < -0.39 is 0 Å². The van der Waals surface area contributed by atoms with E-state index in [0.29, 0.717) is 18.3 Å². The Morgan fingerprint density at radius 3 is 2.79 bits per heavy atom. The highest BCUT2D eigenvalue weighted by molar-refractivity contribution is 5.89. The van der Waals surface area contributed by atoms with E-state index in [-0.39, 0.29) is 11.3 Å². The molecule has 1 atom stereocenters. The predicted molar refractivity (Wildman–Crippen MR) is 74.7 cm³/mol. The minimum atomic E-state index is 0.0329. The number of amides is 1. The van der Waals surface area contributed by atoms with E-state index in [4.69, 9.17) is 0 Å². The predicted octanol–water partition coefficient (Wildman–Crippen LogP) is 2.67. The van der Waals surface area contributed by atoms with Crippen LogP contribution >= 0.6 is 0 Å². The Kier molecular flexibility index (Phi) is 3.92. The first-order valence-electron chi connectivity index (χ1n) is 7.06. The molecular weight excluding hydrogens is 240 g/mol. The van der Waals surface area contributed by atoms with E-state index in [1.807, 2.05) is 14.0 Å². The van der Waals surface area contributed by atoms with Gasteiger partial charge in [-0.1, -0.05) is 26.7 Å². The second-order valence-corrected chi connectivity index (χ2v) is 6.29. The van der Waals surface area contributed by atoms with Gasteiger partial charge in [-0.2, -0.15) is 4.98 Å². The molecule has 0 aliphatic heterocycles. The fourth-order valence-electron chi connectivity index (χ4n) is 2.86. The summed E-state index contributed by atoms with van der Waals surface area (Å²) in [4.78, 5) is 16.3. The Labute approximate surface area is 114 Å². The fourth-order valence-corrected chi connectivity index (χ4v) is 2.86. The molecule has 0 bridgehead atoms. The van der Waals surface area contributed by atoms with Crippen LogP contribution < -0.4 is 5.32 Å². The molecule has 0 radical (unpaired) electrons. The smallest absolute Gasteiger partial charge is 0.248 e. The van der Waals surface area contributed by atoms with Gasteiger partial charge in [0.25, 0.3) is 0 Å². The lowest BCUT2D eigenvalue weighted by molar-refractivity contribution is -0.118. The van der Waals surface area contributed by atoms with Gasteiger partial charge < -0.3 is 0 Å². The number of anilines is 1. The first-order valence-corrected chi connectivity index (χ1v) is 7.06.